The third-order valence-corrected chi connectivity index (χ3v) is 2.80. The number of aromatic nitrogens is 2. The number of aryl methyl sites for hydroxylation is 1. The fourth-order valence-electron chi connectivity index (χ4n) is 1.85. The van der Waals surface area contributed by atoms with E-state index in [1.54, 1.807) is 6.26 Å². The molecule has 0 saturated carbocycles. The molecule has 17 heavy (non-hydrogen) atoms. The van der Waals surface area contributed by atoms with Gasteiger partial charge in [-0.05, 0) is 31.5 Å². The van der Waals surface area contributed by atoms with E-state index in [0.29, 0.717) is 5.92 Å². The second-order valence-corrected chi connectivity index (χ2v) is 4.44. The Bertz CT molecular complexity index is 433. The number of hydrogen-bond acceptors (Lipinski definition) is 3. The van der Waals surface area contributed by atoms with Crippen LogP contribution in [0.15, 0.2) is 35.2 Å². The van der Waals surface area contributed by atoms with E-state index < -0.39 is 0 Å². The first-order chi connectivity index (χ1) is 8.25. The highest BCUT2D eigenvalue weighted by atomic mass is 16.3. The minimum Gasteiger partial charge on any atom is -0.468 e. The third kappa shape index (κ3) is 3.46. The summed E-state index contributed by atoms with van der Waals surface area (Å²) in [5.74, 6) is 2.62. The van der Waals surface area contributed by atoms with Gasteiger partial charge in [-0.15, -0.1) is 0 Å². The van der Waals surface area contributed by atoms with Crippen molar-refractivity contribution in [2.24, 2.45) is 5.92 Å². The molecule has 0 aliphatic heterocycles. The summed E-state index contributed by atoms with van der Waals surface area (Å²) in [5, 5.41) is 3.39. The van der Waals surface area contributed by atoms with Crippen LogP contribution in [0.5, 0.6) is 0 Å². The molecule has 2 heterocycles. The molecule has 0 fully saturated rings. The second kappa shape index (κ2) is 5.68. The number of imidazole rings is 1. The molecule has 1 N–H and O–H groups in total. The maximum Gasteiger partial charge on any atom is 0.117 e. The van der Waals surface area contributed by atoms with Gasteiger partial charge in [0.05, 0.1) is 12.8 Å². The Morgan fingerprint density at radius 1 is 1.53 bits per heavy atom. The Labute approximate surface area is 102 Å². The molecule has 1 unspecified atom stereocenters. The van der Waals surface area contributed by atoms with Crippen molar-refractivity contribution in [3.05, 3.63) is 42.4 Å². The van der Waals surface area contributed by atoms with Crippen LogP contribution >= 0.6 is 0 Å². The Balaban J connectivity index is 1.71. The summed E-state index contributed by atoms with van der Waals surface area (Å²) in [5.41, 5.74) is 0. The second-order valence-electron chi connectivity index (χ2n) is 4.44. The van der Waals surface area contributed by atoms with Crippen LogP contribution in [-0.4, -0.2) is 16.1 Å². The smallest absolute Gasteiger partial charge is 0.117 e. The van der Waals surface area contributed by atoms with Gasteiger partial charge in [-0.25, -0.2) is 4.98 Å². The van der Waals surface area contributed by atoms with Gasteiger partial charge >= 0.3 is 0 Å². The lowest BCUT2D eigenvalue weighted by Crippen LogP contribution is -2.23. The van der Waals surface area contributed by atoms with Gasteiger partial charge in [0.1, 0.15) is 11.6 Å². The van der Waals surface area contributed by atoms with E-state index in [0.717, 1.165) is 31.2 Å². The lowest BCUT2D eigenvalue weighted by molar-refractivity contribution is 0.418. The zero-order valence-electron chi connectivity index (χ0n) is 10.4. The molecule has 0 aliphatic carbocycles. The van der Waals surface area contributed by atoms with Crippen LogP contribution in [0.25, 0.3) is 0 Å². The van der Waals surface area contributed by atoms with Crippen LogP contribution in [-0.2, 0) is 13.1 Å². The summed E-state index contributed by atoms with van der Waals surface area (Å²) in [6.45, 7) is 7.02. The van der Waals surface area contributed by atoms with Crippen molar-refractivity contribution in [2.45, 2.75) is 26.9 Å². The number of rotatable bonds is 6. The van der Waals surface area contributed by atoms with Gasteiger partial charge in [-0.3, -0.25) is 0 Å². The molecule has 0 bridgehead atoms. The van der Waals surface area contributed by atoms with Crippen molar-refractivity contribution in [2.75, 3.05) is 6.54 Å². The van der Waals surface area contributed by atoms with Crippen LogP contribution in [0, 0.1) is 12.8 Å². The maximum absolute atomic E-state index is 5.26. The first-order valence-corrected chi connectivity index (χ1v) is 5.96. The Hall–Kier alpha value is -1.55. The van der Waals surface area contributed by atoms with E-state index in [4.69, 9.17) is 4.42 Å². The number of nitrogens with zero attached hydrogens (tertiary/aromatic N) is 2. The summed E-state index contributed by atoms with van der Waals surface area (Å²) in [6.07, 6.45) is 5.58. The van der Waals surface area contributed by atoms with Gasteiger partial charge < -0.3 is 14.3 Å². The summed E-state index contributed by atoms with van der Waals surface area (Å²) in [6, 6.07) is 3.90. The largest absolute Gasteiger partial charge is 0.468 e. The summed E-state index contributed by atoms with van der Waals surface area (Å²) in [7, 11) is 0. The van der Waals surface area contributed by atoms with Gasteiger partial charge in [-0.1, -0.05) is 6.92 Å². The molecule has 0 radical (unpaired) electrons. The molecule has 0 aliphatic rings. The zero-order valence-corrected chi connectivity index (χ0v) is 10.4. The molecule has 92 valence electrons. The number of nitrogens with one attached hydrogen (secondary N) is 1. The van der Waals surface area contributed by atoms with Crippen molar-refractivity contribution in [1.82, 2.24) is 14.9 Å². The van der Waals surface area contributed by atoms with E-state index in [1.165, 1.54) is 0 Å². The van der Waals surface area contributed by atoms with Gasteiger partial charge in [0.2, 0.25) is 0 Å². The highest BCUT2D eigenvalue weighted by molar-refractivity contribution is 4.97. The number of furan rings is 1. The molecule has 2 aromatic heterocycles. The van der Waals surface area contributed by atoms with E-state index >= 15 is 0 Å². The fourth-order valence-corrected chi connectivity index (χ4v) is 1.85. The van der Waals surface area contributed by atoms with Crippen LogP contribution < -0.4 is 5.32 Å². The normalized spacial score (nSPS) is 12.8. The van der Waals surface area contributed by atoms with Crippen LogP contribution in [0.1, 0.15) is 18.5 Å². The third-order valence-electron chi connectivity index (χ3n) is 2.80. The van der Waals surface area contributed by atoms with Gasteiger partial charge in [0.25, 0.3) is 0 Å². The van der Waals surface area contributed by atoms with Gasteiger partial charge in [0.15, 0.2) is 0 Å². The molecule has 4 heteroatoms. The first-order valence-electron chi connectivity index (χ1n) is 5.96. The Morgan fingerprint density at radius 2 is 2.41 bits per heavy atom. The lowest BCUT2D eigenvalue weighted by Gasteiger charge is -2.13. The van der Waals surface area contributed by atoms with Gasteiger partial charge in [-0.2, -0.15) is 0 Å². The molecule has 0 spiro atoms. The maximum atomic E-state index is 5.26. The predicted molar refractivity (Wildman–Crippen MR) is 66.5 cm³/mol. The Kier molecular flexibility index (Phi) is 3.98. The predicted octanol–water partition coefficient (Wildman–Crippen LogP) is 2.21. The lowest BCUT2D eigenvalue weighted by atomic mass is 10.2. The fraction of sp³-hybridized carbons (Fsp3) is 0.462. The van der Waals surface area contributed by atoms with Crippen LogP contribution in [0.4, 0.5) is 0 Å². The Morgan fingerprint density at radius 3 is 3.06 bits per heavy atom. The summed E-state index contributed by atoms with van der Waals surface area (Å²) < 4.78 is 7.44. The standard InChI is InChI=1S/C13H19N3O/c1-11(10-16-6-5-15-12(16)2)8-14-9-13-4-3-7-17-13/h3-7,11,14H,8-10H2,1-2H3. The number of hydrogen-bond donors (Lipinski definition) is 1. The van der Waals surface area contributed by atoms with E-state index in [1.807, 2.05) is 31.5 Å². The SMILES string of the molecule is Cc1nccn1CC(C)CNCc1ccco1. The minimum absolute atomic E-state index is 0.567. The van der Waals surface area contributed by atoms with Crippen LogP contribution in [0.3, 0.4) is 0 Å². The molecular weight excluding hydrogens is 214 g/mol. The first kappa shape index (κ1) is 11.9. The van der Waals surface area contributed by atoms with E-state index in [2.05, 4.69) is 21.8 Å². The van der Waals surface area contributed by atoms with Crippen LogP contribution in [0.2, 0.25) is 0 Å². The average molecular weight is 233 g/mol. The monoisotopic (exact) mass is 233 g/mol. The molecular formula is C13H19N3O. The summed E-state index contributed by atoms with van der Waals surface area (Å²) >= 11 is 0. The van der Waals surface area contributed by atoms with Gasteiger partial charge in [0, 0.05) is 18.9 Å². The van der Waals surface area contributed by atoms with E-state index in [-0.39, 0.29) is 0 Å². The minimum atomic E-state index is 0.567. The van der Waals surface area contributed by atoms with Crippen molar-refractivity contribution in [3.63, 3.8) is 0 Å². The molecule has 2 aromatic rings. The van der Waals surface area contributed by atoms with E-state index in [9.17, 15) is 0 Å². The quantitative estimate of drug-likeness (QED) is 0.832. The molecule has 0 aromatic carbocycles. The summed E-state index contributed by atoms with van der Waals surface area (Å²) in [4.78, 5) is 4.22. The molecule has 0 saturated heterocycles. The van der Waals surface area contributed by atoms with Crippen molar-refractivity contribution in [1.29, 1.82) is 0 Å². The van der Waals surface area contributed by atoms with Crippen molar-refractivity contribution >= 4 is 0 Å². The molecule has 2 rings (SSSR count). The molecule has 0 amide bonds. The highest BCUT2D eigenvalue weighted by Crippen LogP contribution is 2.04. The molecule has 4 nitrogen and oxygen atoms in total. The highest BCUT2D eigenvalue weighted by Gasteiger charge is 2.05. The topological polar surface area (TPSA) is 43.0 Å². The van der Waals surface area contributed by atoms with Crippen molar-refractivity contribution < 1.29 is 4.42 Å². The zero-order chi connectivity index (χ0) is 12.1. The van der Waals surface area contributed by atoms with Crippen molar-refractivity contribution in [3.8, 4) is 0 Å². The average Bonchev–Trinajstić information content (AvgIpc) is 2.92. The molecule has 1 atom stereocenters.